The number of ether oxygens (including phenoxy) is 1. The van der Waals surface area contributed by atoms with Crippen molar-refractivity contribution in [2.24, 2.45) is 52.3 Å². The number of nitrogens with one attached hydrogen (secondary N) is 3. The molecule has 6 fully saturated rings. The molecule has 2 amide bonds. The lowest BCUT2D eigenvalue weighted by Crippen LogP contribution is -2.64. The fourth-order valence-corrected chi connectivity index (χ4v) is 18.0. The predicted octanol–water partition coefficient (Wildman–Crippen LogP) is 14.0. The van der Waals surface area contributed by atoms with Crippen LogP contribution in [-0.2, 0) is 23.9 Å². The van der Waals surface area contributed by atoms with Crippen LogP contribution in [0.15, 0.2) is 35.4 Å². The lowest BCUT2D eigenvalue weighted by molar-refractivity contribution is -0.169. The van der Waals surface area contributed by atoms with Crippen molar-refractivity contribution in [1.29, 1.82) is 0 Å². The lowest BCUT2D eigenvalue weighted by atomic mass is 9.39. The van der Waals surface area contributed by atoms with E-state index < -0.39 is 0 Å². The Bertz CT molecular complexity index is 2380. The summed E-state index contributed by atoms with van der Waals surface area (Å²) in [5.74, 6) is 3.83. The van der Waals surface area contributed by atoms with Crippen LogP contribution in [0.3, 0.4) is 0 Å². The molecule has 1 aromatic rings. The number of piperidine rings is 1. The Morgan fingerprint density at radius 2 is 1.58 bits per heavy atom. The number of anilines is 1. The first-order valence-corrected chi connectivity index (χ1v) is 33.5. The number of carbonyl (C=O) groups is 4. The van der Waals surface area contributed by atoms with E-state index in [9.17, 15) is 14.4 Å². The summed E-state index contributed by atoms with van der Waals surface area (Å²) in [6, 6.07) is 7.71. The Kier molecular flexibility index (Phi) is 29.3. The van der Waals surface area contributed by atoms with Gasteiger partial charge in [0.15, 0.2) is 5.78 Å². The number of ketones is 1. The van der Waals surface area contributed by atoms with E-state index in [1.165, 1.54) is 60.9 Å². The molecular weight excluding hydrogens is 1070 g/mol. The minimum atomic E-state index is -0.225. The van der Waals surface area contributed by atoms with Gasteiger partial charge < -0.3 is 30.0 Å². The number of likely N-dealkylation sites (N-methyl/N-ethyl adjacent to an activating group) is 1. The average molecular weight is 1200 g/mol. The highest BCUT2D eigenvalue weighted by Gasteiger charge is 2.61. The van der Waals surface area contributed by atoms with Crippen molar-refractivity contribution >= 4 is 35.6 Å². The lowest BCUT2D eigenvalue weighted by Gasteiger charge is -2.66. The van der Waals surface area contributed by atoms with Crippen LogP contribution in [-0.4, -0.2) is 161 Å². The molecule has 3 N–H and O–H groups in total. The Balaban J connectivity index is 0.00000259. The molecule has 9 aliphatic rings. The molecule has 3 aliphatic carbocycles. The van der Waals surface area contributed by atoms with Gasteiger partial charge in [-0.3, -0.25) is 24.2 Å². The molecule has 13 atom stereocenters. The van der Waals surface area contributed by atoms with Gasteiger partial charge in [-0.25, -0.2) is 10.4 Å². The Morgan fingerprint density at radius 1 is 0.872 bits per heavy atom. The number of methoxy groups -OCH3 is 1. The predicted molar refractivity (Wildman–Crippen MR) is 367 cm³/mol. The molecule has 0 radical (unpaired) electrons. The van der Waals surface area contributed by atoms with Crippen LogP contribution < -0.4 is 21.0 Å². The van der Waals surface area contributed by atoms with Crippen LogP contribution in [0.4, 0.5) is 5.69 Å². The summed E-state index contributed by atoms with van der Waals surface area (Å²) in [4.78, 5) is 61.5. The molecule has 4 saturated heterocycles. The summed E-state index contributed by atoms with van der Waals surface area (Å²) in [6.45, 7) is 34.3. The van der Waals surface area contributed by atoms with Crippen LogP contribution in [0.25, 0.3) is 5.57 Å². The van der Waals surface area contributed by atoms with Gasteiger partial charge in [0.05, 0.1) is 18.7 Å². The minimum absolute atomic E-state index is 0. The number of nitrogens with zero attached hydrogens (tertiary/aromatic N) is 5. The summed E-state index contributed by atoms with van der Waals surface area (Å²) >= 11 is 0. The number of amides is 2. The summed E-state index contributed by atoms with van der Waals surface area (Å²) < 4.78 is 6.34. The van der Waals surface area contributed by atoms with Crippen molar-refractivity contribution in [2.45, 2.75) is 244 Å². The van der Waals surface area contributed by atoms with Crippen LogP contribution in [0.5, 0.6) is 0 Å². The summed E-state index contributed by atoms with van der Waals surface area (Å²) in [5, 5.41) is 9.85. The van der Waals surface area contributed by atoms with Crippen molar-refractivity contribution in [3.05, 3.63) is 46.5 Å². The molecule has 13 nitrogen and oxygen atoms in total. The molecule has 8 unspecified atom stereocenters. The maximum absolute atomic E-state index is 14.9. The van der Waals surface area contributed by atoms with Gasteiger partial charge in [0.1, 0.15) is 6.79 Å². The zero-order chi connectivity index (χ0) is 59.0. The molecule has 496 valence electrons. The number of hydrogen-bond acceptors (Lipinski definition) is 11. The largest absolute Gasteiger partial charge is 0.380 e. The average Bonchev–Trinajstić information content (AvgIpc) is 0.929. The van der Waals surface area contributed by atoms with Gasteiger partial charge in [0.25, 0.3) is 0 Å². The zero-order valence-electron chi connectivity index (χ0n) is 53.6. The van der Waals surface area contributed by atoms with Gasteiger partial charge in [0, 0.05) is 104 Å². The summed E-state index contributed by atoms with van der Waals surface area (Å²) in [5.41, 5.74) is 13.0. The second kappa shape index (κ2) is 33.6. The first kappa shape index (κ1) is 75.0. The second-order valence-electron chi connectivity index (χ2n) is 27.9. The molecule has 6 aliphatic heterocycles. The third kappa shape index (κ3) is 16.2. The van der Waals surface area contributed by atoms with Gasteiger partial charge in [0.2, 0.25) is 11.8 Å². The normalized spacial score (nSPS) is 32.7. The minimum Gasteiger partial charge on any atom is -0.380 e. The van der Waals surface area contributed by atoms with Crippen molar-refractivity contribution in [2.75, 3.05) is 91.0 Å². The highest BCUT2D eigenvalue weighted by molar-refractivity contribution is 5.85. The molecule has 86 heavy (non-hydrogen) atoms. The zero-order valence-corrected chi connectivity index (χ0v) is 53.6. The maximum atomic E-state index is 14.9. The van der Waals surface area contributed by atoms with Crippen LogP contribution in [0, 0.1) is 52.3 Å². The van der Waals surface area contributed by atoms with Crippen molar-refractivity contribution in [1.82, 2.24) is 35.8 Å². The number of Topliss-reactive ketones (excluding diaryl/α,β-unsaturated/α-hetero) is 1. The number of allylic oxidation sites excluding steroid dienone is 1. The van der Waals surface area contributed by atoms with Gasteiger partial charge in [-0.1, -0.05) is 122 Å². The van der Waals surface area contributed by atoms with E-state index in [4.69, 9.17) is 9.53 Å². The van der Waals surface area contributed by atoms with Crippen molar-refractivity contribution in [3.63, 3.8) is 0 Å². The van der Waals surface area contributed by atoms with E-state index in [0.29, 0.717) is 79.2 Å². The summed E-state index contributed by atoms with van der Waals surface area (Å²) in [6.07, 6.45) is 20.1. The van der Waals surface area contributed by atoms with E-state index in [0.717, 1.165) is 110 Å². The third-order valence-electron chi connectivity index (χ3n) is 22.5. The molecule has 1 spiro atoms. The van der Waals surface area contributed by atoms with E-state index in [1.54, 1.807) is 11.1 Å². The van der Waals surface area contributed by atoms with Crippen molar-refractivity contribution in [3.8, 4) is 0 Å². The van der Waals surface area contributed by atoms with E-state index in [1.807, 2.05) is 34.7 Å². The van der Waals surface area contributed by atoms with Gasteiger partial charge >= 0.3 is 0 Å². The molecule has 1 aromatic carbocycles. The van der Waals surface area contributed by atoms with Crippen molar-refractivity contribution < 1.29 is 26.8 Å². The molecular formula is C73H134N8O5. The number of benzene rings is 1. The third-order valence-corrected chi connectivity index (χ3v) is 22.5. The monoisotopic (exact) mass is 1200 g/mol. The molecule has 13 heteroatoms. The molecule has 6 heterocycles. The quantitative estimate of drug-likeness (QED) is 0.215. The molecule has 2 saturated carbocycles. The number of carbonyl (C=O) groups excluding carboxylic acids is 4. The number of fused-ring (bicyclic) bond motifs is 8. The molecule has 10 rings (SSSR count). The number of rotatable bonds is 8. The first-order chi connectivity index (χ1) is 39.5. The topological polar surface area (TPSA) is 130 Å². The smallest absolute Gasteiger partial charge is 0.234 e. The first-order valence-electron chi connectivity index (χ1n) is 33.5. The fraction of sp³-hybridized carbons (Fsp3) is 0.808. The Hall–Kier alpha value is -3.46. The van der Waals surface area contributed by atoms with E-state index >= 15 is 0 Å². The maximum Gasteiger partial charge on any atom is 0.234 e. The van der Waals surface area contributed by atoms with E-state index in [-0.39, 0.29) is 91.9 Å². The second-order valence-corrected chi connectivity index (χ2v) is 27.9. The van der Waals surface area contributed by atoms with E-state index in [2.05, 4.69) is 120 Å². The SMILES string of the molecule is C.C.C.C.C=O.CC.CCCN1CC[C@H]2C3CC4(CCC4)C3C(C)C(C)CN(C(=O)CC)C[C@@H]3CCCN3CC(=O)N[C@@H]2CN2CCCC(N2)C(=O)CCC(C)(C)CC2=C([C@H]3C=C(C4CCNCC4)CN(C)C3[C@H](C)OC)C(CC)c3ccc1cc32.[HH].[HH]. The standard InChI is InChI=1S/C66H106N8O4.C2H6.CH2O.4CH4.2H2/c1-11-30-71-33-24-52-56-37-66(25-16-26-66)63(56)44(5)43(4)38-73(61(77)13-3)40-49-17-14-31-72(49)42-60(76)68-58(52)41-74-32-15-18-57(69-74)59(75)21-27-65(7,8)36-55-53-35-48(71)19-20-51(53)50(12-2)62(55)54-34-47(46-22-28-67-29-23-46)39-70(9)64(54)45(6)78-10;2*1-2;;;;;;/h19-20,34-35,43-46,49-50,52,54,56-58,63-64,67,69H,11-18,21-33,36-42H2,1-10H3,(H,68,76);1-2H3;1H2;4*1H4;2*1H/t43?,44?,45-,49-,50?,52-,54+,56?,57?,58+,63?,64?;;;;;;;;/m0......../s1. The summed E-state index contributed by atoms with van der Waals surface area (Å²) in [7, 11) is 4.25. The highest BCUT2D eigenvalue weighted by Crippen LogP contribution is 2.68. The molecule has 4 bridgehead atoms. The Morgan fingerprint density at radius 3 is 2.23 bits per heavy atom. The van der Waals surface area contributed by atoms with Gasteiger partial charge in [-0.05, 0) is 199 Å². The number of hydrogen-bond donors (Lipinski definition) is 3. The van der Waals surface area contributed by atoms with Gasteiger partial charge in [-0.15, -0.1) is 0 Å². The van der Waals surface area contributed by atoms with Crippen LogP contribution >= 0.6 is 0 Å². The van der Waals surface area contributed by atoms with Gasteiger partial charge in [-0.2, -0.15) is 0 Å². The van der Waals surface area contributed by atoms with Crippen LogP contribution in [0.1, 0.15) is 228 Å². The van der Waals surface area contributed by atoms with Crippen LogP contribution in [0.2, 0.25) is 0 Å². The fourth-order valence-electron chi connectivity index (χ4n) is 18.0. The Labute approximate surface area is 530 Å². The molecule has 0 aromatic heterocycles. The number of hydrazine groups is 1. The highest BCUT2D eigenvalue weighted by atomic mass is 16.5.